The molecule has 0 N–H and O–H groups in total. The zero-order chi connectivity index (χ0) is 17.6. The molecule has 0 saturated heterocycles. The molecule has 130 valence electrons. The minimum Gasteiger partial charge on any atom is -0.486 e. The lowest BCUT2D eigenvalue weighted by atomic mass is 10.2. The SMILES string of the molecule is CCn1c(COc2ccccc2)nnc1SCc1ccc(F)cc1Cl. The predicted molar refractivity (Wildman–Crippen MR) is 97.4 cm³/mol. The Hall–Kier alpha value is -2.05. The maximum absolute atomic E-state index is 13.1. The van der Waals surface area contributed by atoms with Crippen LogP contribution in [0.2, 0.25) is 5.02 Å². The predicted octanol–water partition coefficient (Wildman–Crippen LogP) is 4.96. The van der Waals surface area contributed by atoms with Crippen molar-refractivity contribution in [3.63, 3.8) is 0 Å². The maximum Gasteiger partial charge on any atom is 0.191 e. The van der Waals surface area contributed by atoms with Gasteiger partial charge >= 0.3 is 0 Å². The van der Waals surface area contributed by atoms with Crippen molar-refractivity contribution in [2.75, 3.05) is 0 Å². The van der Waals surface area contributed by atoms with Gasteiger partial charge in [0.1, 0.15) is 18.2 Å². The number of nitrogens with zero attached hydrogens (tertiary/aromatic N) is 3. The Morgan fingerprint density at radius 2 is 1.96 bits per heavy atom. The molecule has 0 bridgehead atoms. The van der Waals surface area contributed by atoms with Crippen LogP contribution in [0.3, 0.4) is 0 Å². The van der Waals surface area contributed by atoms with Crippen LogP contribution < -0.4 is 4.74 Å². The maximum atomic E-state index is 13.1. The molecular weight excluding hydrogens is 361 g/mol. The molecule has 0 aliphatic carbocycles. The molecule has 0 unspecified atom stereocenters. The number of halogens is 2. The number of hydrogen-bond acceptors (Lipinski definition) is 4. The lowest BCUT2D eigenvalue weighted by Crippen LogP contribution is -2.07. The molecular formula is C18H17ClFN3OS. The lowest BCUT2D eigenvalue weighted by Gasteiger charge is -2.09. The average molecular weight is 378 g/mol. The Morgan fingerprint density at radius 1 is 1.16 bits per heavy atom. The van der Waals surface area contributed by atoms with Gasteiger partial charge in [-0.1, -0.05) is 47.6 Å². The molecule has 1 aromatic heterocycles. The van der Waals surface area contributed by atoms with Crippen molar-refractivity contribution in [1.82, 2.24) is 14.8 Å². The molecule has 0 amide bonds. The number of para-hydroxylation sites is 1. The van der Waals surface area contributed by atoms with Crippen LogP contribution in [-0.2, 0) is 18.9 Å². The quantitative estimate of drug-likeness (QED) is 0.545. The summed E-state index contributed by atoms with van der Waals surface area (Å²) in [5.41, 5.74) is 0.862. The fourth-order valence-electron chi connectivity index (χ4n) is 2.30. The van der Waals surface area contributed by atoms with Crippen LogP contribution in [0, 0.1) is 5.82 Å². The van der Waals surface area contributed by atoms with E-state index in [9.17, 15) is 4.39 Å². The molecule has 0 radical (unpaired) electrons. The van der Waals surface area contributed by atoms with Gasteiger partial charge in [0.05, 0.1) is 0 Å². The van der Waals surface area contributed by atoms with Crippen molar-refractivity contribution in [3.05, 3.63) is 70.8 Å². The lowest BCUT2D eigenvalue weighted by molar-refractivity contribution is 0.288. The first-order valence-corrected chi connectivity index (χ1v) is 9.20. The number of thioether (sulfide) groups is 1. The monoisotopic (exact) mass is 377 g/mol. The van der Waals surface area contributed by atoms with E-state index in [1.54, 1.807) is 6.07 Å². The van der Waals surface area contributed by atoms with Crippen LogP contribution in [0.1, 0.15) is 18.3 Å². The Morgan fingerprint density at radius 3 is 2.68 bits per heavy atom. The van der Waals surface area contributed by atoms with E-state index in [0.29, 0.717) is 17.4 Å². The van der Waals surface area contributed by atoms with Crippen LogP contribution in [0.4, 0.5) is 4.39 Å². The van der Waals surface area contributed by atoms with Crippen LogP contribution >= 0.6 is 23.4 Å². The summed E-state index contributed by atoms with van der Waals surface area (Å²) < 4.78 is 20.9. The van der Waals surface area contributed by atoms with Gasteiger partial charge in [-0.25, -0.2) is 4.39 Å². The summed E-state index contributed by atoms with van der Waals surface area (Å²) in [6, 6.07) is 14.0. The average Bonchev–Trinajstić information content (AvgIpc) is 3.02. The first kappa shape index (κ1) is 17.8. The number of aromatic nitrogens is 3. The van der Waals surface area contributed by atoms with E-state index >= 15 is 0 Å². The molecule has 0 atom stereocenters. The molecule has 3 rings (SSSR count). The van der Waals surface area contributed by atoms with Gasteiger partial charge in [0.15, 0.2) is 11.0 Å². The fourth-order valence-corrected chi connectivity index (χ4v) is 3.63. The van der Waals surface area contributed by atoms with Crippen molar-refractivity contribution < 1.29 is 9.13 Å². The molecule has 0 fully saturated rings. The van der Waals surface area contributed by atoms with Gasteiger partial charge in [-0.05, 0) is 36.8 Å². The number of rotatable bonds is 7. The molecule has 0 aliphatic heterocycles. The molecule has 0 saturated carbocycles. The summed E-state index contributed by atoms with van der Waals surface area (Å²) in [4.78, 5) is 0. The van der Waals surface area contributed by atoms with Crippen molar-refractivity contribution in [1.29, 1.82) is 0 Å². The van der Waals surface area contributed by atoms with E-state index in [1.807, 2.05) is 41.8 Å². The summed E-state index contributed by atoms with van der Waals surface area (Å²) in [6.45, 7) is 3.12. The third kappa shape index (κ3) is 4.52. The van der Waals surface area contributed by atoms with E-state index < -0.39 is 0 Å². The molecule has 1 heterocycles. The van der Waals surface area contributed by atoms with Crippen molar-refractivity contribution in [2.24, 2.45) is 0 Å². The zero-order valence-corrected chi connectivity index (χ0v) is 15.2. The molecule has 0 aliphatic rings. The number of benzene rings is 2. The molecule has 3 aromatic rings. The van der Waals surface area contributed by atoms with Crippen LogP contribution in [0.5, 0.6) is 5.75 Å². The van der Waals surface area contributed by atoms with E-state index in [4.69, 9.17) is 16.3 Å². The molecule has 2 aromatic carbocycles. The third-order valence-electron chi connectivity index (χ3n) is 3.59. The minimum absolute atomic E-state index is 0.337. The fraction of sp³-hybridized carbons (Fsp3) is 0.222. The zero-order valence-electron chi connectivity index (χ0n) is 13.7. The van der Waals surface area contributed by atoms with E-state index in [-0.39, 0.29) is 5.82 Å². The van der Waals surface area contributed by atoms with Gasteiger partial charge in [-0.15, -0.1) is 10.2 Å². The Labute approximate surface area is 155 Å². The first-order chi connectivity index (χ1) is 12.2. The second-order valence-corrected chi connectivity index (χ2v) is 6.62. The summed E-state index contributed by atoms with van der Waals surface area (Å²) >= 11 is 7.59. The second kappa shape index (κ2) is 8.36. The normalized spacial score (nSPS) is 10.8. The van der Waals surface area contributed by atoms with Gasteiger partial charge in [-0.2, -0.15) is 0 Å². The van der Waals surface area contributed by atoms with Gasteiger partial charge < -0.3 is 9.30 Å². The summed E-state index contributed by atoms with van der Waals surface area (Å²) in [6.07, 6.45) is 0. The summed E-state index contributed by atoms with van der Waals surface area (Å²) in [5, 5.41) is 9.67. The molecule has 4 nitrogen and oxygen atoms in total. The highest BCUT2D eigenvalue weighted by atomic mass is 35.5. The van der Waals surface area contributed by atoms with E-state index in [0.717, 1.165) is 28.8 Å². The number of hydrogen-bond donors (Lipinski definition) is 0. The summed E-state index contributed by atoms with van der Waals surface area (Å²) in [5.74, 6) is 1.81. The van der Waals surface area contributed by atoms with Crippen molar-refractivity contribution in [2.45, 2.75) is 31.0 Å². The second-order valence-electron chi connectivity index (χ2n) is 5.27. The molecule has 0 spiro atoms. The van der Waals surface area contributed by atoms with E-state index in [1.165, 1.54) is 23.9 Å². The van der Waals surface area contributed by atoms with Crippen molar-refractivity contribution in [3.8, 4) is 5.75 Å². The van der Waals surface area contributed by atoms with Crippen LogP contribution in [0.25, 0.3) is 0 Å². The topological polar surface area (TPSA) is 39.9 Å². The Bertz CT molecular complexity index is 842. The van der Waals surface area contributed by atoms with Gasteiger partial charge in [0.25, 0.3) is 0 Å². The van der Waals surface area contributed by atoms with Crippen molar-refractivity contribution >= 4 is 23.4 Å². The van der Waals surface area contributed by atoms with Gasteiger partial charge in [-0.3, -0.25) is 0 Å². The number of ether oxygens (including phenoxy) is 1. The van der Waals surface area contributed by atoms with Gasteiger partial charge in [0, 0.05) is 17.3 Å². The smallest absolute Gasteiger partial charge is 0.191 e. The third-order valence-corrected chi connectivity index (χ3v) is 4.96. The Balaban J connectivity index is 1.67. The highest BCUT2D eigenvalue weighted by molar-refractivity contribution is 7.98. The molecule has 25 heavy (non-hydrogen) atoms. The largest absolute Gasteiger partial charge is 0.486 e. The standard InChI is InChI=1S/C18H17ClFN3OS/c1-2-23-17(11-24-15-6-4-3-5-7-15)21-22-18(23)25-12-13-8-9-14(20)10-16(13)19/h3-10H,2,11-12H2,1H3. The highest BCUT2D eigenvalue weighted by Gasteiger charge is 2.13. The van der Waals surface area contributed by atoms with E-state index in [2.05, 4.69) is 10.2 Å². The van der Waals surface area contributed by atoms with Gasteiger partial charge in [0.2, 0.25) is 0 Å². The van der Waals surface area contributed by atoms with Crippen LogP contribution in [-0.4, -0.2) is 14.8 Å². The first-order valence-electron chi connectivity index (χ1n) is 7.84. The molecule has 7 heteroatoms. The summed E-state index contributed by atoms with van der Waals surface area (Å²) in [7, 11) is 0. The van der Waals surface area contributed by atoms with Crippen LogP contribution in [0.15, 0.2) is 53.7 Å². The minimum atomic E-state index is -0.337. The highest BCUT2D eigenvalue weighted by Crippen LogP contribution is 2.27. The Kier molecular flexibility index (Phi) is 5.94.